The molecule has 189 valence electrons. The Labute approximate surface area is 251 Å². The Morgan fingerprint density at radius 1 is 0.641 bits per heavy atom. The average Bonchev–Trinajstić information content (AvgIpc) is 3.48. The molecular weight excluding hydrogens is 611 g/mol. The SMILES string of the molecule is CCC1=Cc2c(ccc(-c3ccccc3)c2-c2ccccc2)[CH]1[Zr+2]1[c]2cccc3c2[SiH]1c1ccccc1-3.[Cl-].[Cl-]. The van der Waals surface area contributed by atoms with Crippen LogP contribution in [0.15, 0.2) is 121 Å². The Hall–Kier alpha value is -2.48. The van der Waals surface area contributed by atoms with Gasteiger partial charge in [-0.2, -0.15) is 0 Å². The maximum Gasteiger partial charge on any atom is -1.00 e. The molecule has 0 radical (unpaired) electrons. The van der Waals surface area contributed by atoms with E-state index >= 15 is 0 Å². The Morgan fingerprint density at radius 2 is 1.31 bits per heavy atom. The van der Waals surface area contributed by atoms with E-state index in [1.807, 2.05) is 8.46 Å². The molecule has 8 rings (SSSR count). The average molecular weight is 638 g/mol. The molecule has 0 saturated carbocycles. The van der Waals surface area contributed by atoms with E-state index < -0.39 is 26.8 Å². The first-order valence-electron chi connectivity index (χ1n) is 13.4. The van der Waals surface area contributed by atoms with Gasteiger partial charge in [0.1, 0.15) is 0 Å². The maximum absolute atomic E-state index is 2.61. The second kappa shape index (κ2) is 10.5. The monoisotopic (exact) mass is 635 g/mol. The van der Waals surface area contributed by atoms with E-state index in [-0.39, 0.29) is 24.8 Å². The molecule has 0 N–H and O–H groups in total. The van der Waals surface area contributed by atoms with Crippen LogP contribution in [0.4, 0.5) is 0 Å². The number of fused-ring (bicyclic) bond motifs is 4. The number of rotatable bonds is 4. The summed E-state index contributed by atoms with van der Waals surface area (Å²) in [7, 11) is 0. The second-order valence-corrected chi connectivity index (χ2v) is 25.5. The van der Waals surface area contributed by atoms with Gasteiger partial charge in [-0.15, -0.1) is 0 Å². The molecule has 1 aliphatic carbocycles. The molecule has 4 heteroatoms. The van der Waals surface area contributed by atoms with E-state index in [1.165, 1.54) is 27.8 Å². The maximum atomic E-state index is 2.61. The summed E-state index contributed by atoms with van der Waals surface area (Å²) in [5.41, 5.74) is 13.3. The Bertz CT molecular complexity index is 1730. The van der Waals surface area contributed by atoms with Crippen molar-refractivity contribution < 1.29 is 45.7 Å². The van der Waals surface area contributed by atoms with E-state index in [2.05, 4.69) is 128 Å². The molecule has 0 spiro atoms. The third-order valence-corrected chi connectivity index (χ3v) is 31.0. The minimum atomic E-state index is -1.96. The summed E-state index contributed by atoms with van der Waals surface area (Å²) in [5, 5.41) is 3.56. The van der Waals surface area contributed by atoms with Crippen molar-refractivity contribution in [3.63, 3.8) is 0 Å². The third kappa shape index (κ3) is 3.87. The molecule has 0 amide bonds. The van der Waals surface area contributed by atoms with E-state index in [0.29, 0.717) is 3.63 Å². The minimum absolute atomic E-state index is 0. The molecule has 5 aromatic rings. The van der Waals surface area contributed by atoms with Gasteiger partial charge in [-0.05, 0) is 0 Å². The van der Waals surface area contributed by atoms with E-state index in [9.17, 15) is 0 Å². The summed E-state index contributed by atoms with van der Waals surface area (Å²) < 4.78 is 2.50. The van der Waals surface area contributed by atoms with E-state index in [1.54, 1.807) is 27.5 Å². The molecule has 0 aromatic heterocycles. The quantitative estimate of drug-likeness (QED) is 0.254. The van der Waals surface area contributed by atoms with Gasteiger partial charge in [-0.25, -0.2) is 0 Å². The normalized spacial score (nSPS) is 17.2. The summed E-state index contributed by atoms with van der Waals surface area (Å²) in [5.74, 6) is -1.07. The Balaban J connectivity index is 0.00000138. The van der Waals surface area contributed by atoms with Crippen molar-refractivity contribution in [2.24, 2.45) is 0 Å². The number of allylic oxidation sites excluding steroid dienone is 1. The van der Waals surface area contributed by atoms with Crippen molar-refractivity contribution in [2.45, 2.75) is 17.0 Å². The van der Waals surface area contributed by atoms with Gasteiger partial charge in [0, 0.05) is 0 Å². The Kier molecular flexibility index (Phi) is 7.19. The van der Waals surface area contributed by atoms with Crippen LogP contribution >= 0.6 is 0 Å². The van der Waals surface area contributed by atoms with Crippen molar-refractivity contribution in [3.05, 3.63) is 132 Å². The summed E-state index contributed by atoms with van der Waals surface area (Å²) in [6.07, 6.45) is 3.76. The van der Waals surface area contributed by atoms with Gasteiger partial charge < -0.3 is 24.8 Å². The molecule has 5 aromatic carbocycles. The van der Waals surface area contributed by atoms with Crippen LogP contribution in [0.5, 0.6) is 0 Å². The number of halogens is 2. The van der Waals surface area contributed by atoms with Crippen molar-refractivity contribution in [3.8, 4) is 33.4 Å². The predicted molar refractivity (Wildman–Crippen MR) is 156 cm³/mol. The minimum Gasteiger partial charge on any atom is -1.00 e. The van der Waals surface area contributed by atoms with Gasteiger partial charge in [0.2, 0.25) is 0 Å². The largest absolute Gasteiger partial charge is 1.00 e. The molecule has 0 nitrogen and oxygen atoms in total. The smallest absolute Gasteiger partial charge is 1.00 e. The molecule has 0 fully saturated rings. The topological polar surface area (TPSA) is 0 Å². The number of benzene rings is 5. The molecule has 2 heterocycles. The van der Waals surface area contributed by atoms with Crippen molar-refractivity contribution in [1.29, 1.82) is 0 Å². The van der Waals surface area contributed by atoms with Crippen LogP contribution in [0, 0.1) is 0 Å². The van der Waals surface area contributed by atoms with Crippen LogP contribution in [0.1, 0.15) is 28.1 Å². The third-order valence-electron chi connectivity index (χ3n) is 8.74. The van der Waals surface area contributed by atoms with Crippen LogP contribution in [-0.4, -0.2) is 5.92 Å². The molecule has 0 bridgehead atoms. The molecule has 3 aliphatic rings. The standard InChI is InChI=1S/C23H19.C12H8Si.2ClH.Zr/c1-2-17-15-20-13-14-21(18-9-5-3-6-10-18)23(22(20)16-17)19-11-7-4-8-12-19;1-3-7-11-9(5-1)10-6-2-4-8-12(10)13-11;;;/h3-16H,2H2,1H3;1-7,13H;2*1H;/q;;;;+2/p-2. The van der Waals surface area contributed by atoms with E-state index in [0.717, 1.165) is 6.42 Å². The molecule has 2 unspecified atom stereocenters. The molecule has 2 aliphatic heterocycles. The van der Waals surface area contributed by atoms with Crippen molar-refractivity contribution >= 4 is 25.6 Å². The van der Waals surface area contributed by atoms with Crippen molar-refractivity contribution in [1.82, 2.24) is 0 Å². The van der Waals surface area contributed by atoms with Gasteiger partial charge in [-0.3, -0.25) is 0 Å². The first-order valence-corrected chi connectivity index (χ1v) is 22.1. The summed E-state index contributed by atoms with van der Waals surface area (Å²) in [4.78, 5) is 0. The van der Waals surface area contributed by atoms with Crippen LogP contribution in [0.3, 0.4) is 0 Å². The van der Waals surface area contributed by atoms with Crippen LogP contribution < -0.4 is 38.5 Å². The van der Waals surface area contributed by atoms with Gasteiger partial charge in [-0.1, -0.05) is 0 Å². The molecular formula is C35H27Cl2SiZr. The molecule has 39 heavy (non-hydrogen) atoms. The number of hydrogen-bond acceptors (Lipinski definition) is 0. The van der Waals surface area contributed by atoms with Gasteiger partial charge >= 0.3 is 229 Å². The van der Waals surface area contributed by atoms with Crippen LogP contribution in [-0.2, 0) is 20.9 Å². The second-order valence-electron chi connectivity index (χ2n) is 10.5. The number of hydrogen-bond donors (Lipinski definition) is 0. The zero-order valence-electron chi connectivity index (χ0n) is 21.7. The van der Waals surface area contributed by atoms with Crippen LogP contribution in [0.25, 0.3) is 39.5 Å². The summed E-state index contributed by atoms with van der Waals surface area (Å²) >= 11 is -1.96. The van der Waals surface area contributed by atoms with Gasteiger partial charge in [0.15, 0.2) is 0 Å². The summed E-state index contributed by atoms with van der Waals surface area (Å²) in [6.45, 7) is 2.38. The fourth-order valence-corrected chi connectivity index (χ4v) is 33.5. The predicted octanol–water partition coefficient (Wildman–Crippen LogP) is 0.652. The van der Waals surface area contributed by atoms with Crippen molar-refractivity contribution in [2.75, 3.05) is 0 Å². The van der Waals surface area contributed by atoms with Crippen LogP contribution in [0.2, 0.25) is 0 Å². The summed E-state index contributed by atoms with van der Waals surface area (Å²) in [6, 6.07) is 43.6. The zero-order chi connectivity index (χ0) is 24.5. The molecule has 0 saturated heterocycles. The fraction of sp³-hybridized carbons (Fsp3) is 0.0857. The first kappa shape index (κ1) is 26.7. The fourth-order valence-electron chi connectivity index (χ4n) is 7.19. The molecule has 2 atom stereocenters. The Morgan fingerprint density at radius 3 is 2.05 bits per heavy atom. The zero-order valence-corrected chi connectivity index (χ0v) is 26.8. The van der Waals surface area contributed by atoms with Gasteiger partial charge in [0.25, 0.3) is 0 Å². The first-order chi connectivity index (χ1) is 18.3. The van der Waals surface area contributed by atoms with E-state index in [4.69, 9.17) is 0 Å². The van der Waals surface area contributed by atoms with Gasteiger partial charge in [0.05, 0.1) is 0 Å².